The van der Waals surface area contributed by atoms with Gasteiger partial charge in [0, 0.05) is 17.4 Å². The van der Waals surface area contributed by atoms with Crippen molar-refractivity contribution in [3.63, 3.8) is 0 Å². The molecule has 1 aromatic heterocycles. The van der Waals surface area contributed by atoms with Crippen LogP contribution in [0.5, 0.6) is 0 Å². The van der Waals surface area contributed by atoms with E-state index in [1.165, 1.54) is 25.7 Å². The van der Waals surface area contributed by atoms with Gasteiger partial charge in [-0.2, -0.15) is 5.10 Å². The van der Waals surface area contributed by atoms with Crippen LogP contribution < -0.4 is 5.32 Å². The molecule has 6 rings (SSSR count). The molecule has 2 heterocycles. The average Bonchev–Trinajstić information content (AvgIpc) is 3.56. The smallest absolute Gasteiger partial charge is 0.276 e. The fourth-order valence-corrected chi connectivity index (χ4v) is 5.60. The fourth-order valence-electron chi connectivity index (χ4n) is 5.60. The fraction of sp³-hybridized carbons (Fsp3) is 0.320. The summed E-state index contributed by atoms with van der Waals surface area (Å²) in [6.07, 6.45) is 16.2. The van der Waals surface area contributed by atoms with Gasteiger partial charge in [0.15, 0.2) is 0 Å². The number of azo groups is 1. The molecule has 2 aromatic rings. The molecule has 32 heavy (non-hydrogen) atoms. The highest BCUT2D eigenvalue weighted by molar-refractivity contribution is 6.04. The molecule has 0 radical (unpaired) electrons. The van der Waals surface area contributed by atoms with E-state index in [9.17, 15) is 9.59 Å². The van der Waals surface area contributed by atoms with E-state index in [1.54, 1.807) is 6.20 Å². The second-order valence-corrected chi connectivity index (χ2v) is 8.97. The van der Waals surface area contributed by atoms with E-state index in [2.05, 4.69) is 20.6 Å². The van der Waals surface area contributed by atoms with Gasteiger partial charge in [0.05, 0.1) is 29.4 Å². The number of hydrogen-bond acceptors (Lipinski definition) is 4. The van der Waals surface area contributed by atoms with Gasteiger partial charge in [-0.25, -0.2) is 0 Å². The molecule has 0 saturated heterocycles. The first-order valence-electron chi connectivity index (χ1n) is 11.2. The Morgan fingerprint density at radius 3 is 2.50 bits per heavy atom. The number of hydrogen-bond donors (Lipinski definition) is 1. The SMILES string of the molecule is O=C(Nc1ccc(C2=C3C=CC=CC3C(=O)N=N2)cc1)c1cnn(C2C3CCC2CC3)c1. The Hall–Kier alpha value is -3.61. The van der Waals surface area contributed by atoms with E-state index in [-0.39, 0.29) is 17.7 Å². The van der Waals surface area contributed by atoms with Gasteiger partial charge in [-0.3, -0.25) is 14.3 Å². The maximum atomic E-state index is 12.8. The van der Waals surface area contributed by atoms with Crippen molar-refractivity contribution in [2.75, 3.05) is 5.32 Å². The summed E-state index contributed by atoms with van der Waals surface area (Å²) in [5.41, 5.74) is 3.64. The number of carbonyl (C=O) groups is 2. The highest BCUT2D eigenvalue weighted by Crippen LogP contribution is 2.51. The van der Waals surface area contributed by atoms with E-state index >= 15 is 0 Å². The molecule has 1 atom stereocenters. The van der Waals surface area contributed by atoms with Gasteiger partial charge in [0.25, 0.3) is 11.8 Å². The van der Waals surface area contributed by atoms with Crippen LogP contribution in [0.1, 0.15) is 47.6 Å². The van der Waals surface area contributed by atoms with Gasteiger partial charge >= 0.3 is 0 Å². The average molecular weight is 425 g/mol. The van der Waals surface area contributed by atoms with Crippen molar-refractivity contribution in [1.29, 1.82) is 0 Å². The van der Waals surface area contributed by atoms with Gasteiger partial charge in [-0.1, -0.05) is 36.4 Å². The van der Waals surface area contributed by atoms with Crippen molar-refractivity contribution in [2.45, 2.75) is 31.7 Å². The monoisotopic (exact) mass is 425 g/mol. The van der Waals surface area contributed by atoms with Crippen LogP contribution in [-0.2, 0) is 4.79 Å². The third kappa shape index (κ3) is 3.16. The van der Waals surface area contributed by atoms with Crippen LogP contribution in [0.4, 0.5) is 5.69 Å². The molecule has 1 aliphatic heterocycles. The Kier molecular flexibility index (Phi) is 4.48. The molecule has 7 nitrogen and oxygen atoms in total. The number of carbonyl (C=O) groups excluding carboxylic acids is 2. The minimum absolute atomic E-state index is 0.167. The zero-order valence-electron chi connectivity index (χ0n) is 17.5. The number of allylic oxidation sites excluding steroid dienone is 3. The standard InChI is InChI=1S/C25H23N5O2/c31-24(18-13-26-30(14-18)23-16-5-6-17(23)8-7-16)27-19-11-9-15(10-12-19)22-20-3-1-2-4-21(20)25(32)29-28-22/h1-4,9-14,16-17,21,23H,5-8H2,(H,27,31). The van der Waals surface area contributed by atoms with E-state index in [0.29, 0.717) is 34.8 Å². The summed E-state index contributed by atoms with van der Waals surface area (Å²) in [5, 5.41) is 15.4. The molecule has 7 heteroatoms. The number of amides is 2. The quantitative estimate of drug-likeness (QED) is 0.752. The first-order valence-corrected chi connectivity index (χ1v) is 11.2. The Morgan fingerprint density at radius 2 is 1.75 bits per heavy atom. The summed E-state index contributed by atoms with van der Waals surface area (Å²) in [4.78, 5) is 24.8. The zero-order chi connectivity index (χ0) is 21.7. The highest BCUT2D eigenvalue weighted by Gasteiger charge is 2.43. The molecule has 1 aromatic carbocycles. The summed E-state index contributed by atoms with van der Waals surface area (Å²) in [5.74, 6) is 0.623. The van der Waals surface area contributed by atoms with Crippen molar-refractivity contribution in [3.05, 3.63) is 77.7 Å². The Labute approximate surface area is 185 Å². The maximum Gasteiger partial charge on any atom is 0.276 e. The zero-order valence-corrected chi connectivity index (χ0v) is 17.5. The molecule has 2 bridgehead atoms. The number of anilines is 1. The number of rotatable bonds is 4. The molecule has 3 aliphatic carbocycles. The van der Waals surface area contributed by atoms with Crippen LogP contribution in [0, 0.1) is 17.8 Å². The number of aromatic nitrogens is 2. The first kappa shape index (κ1) is 19.1. The Morgan fingerprint density at radius 1 is 1.00 bits per heavy atom. The third-order valence-corrected chi connectivity index (χ3v) is 7.18. The topological polar surface area (TPSA) is 88.7 Å². The molecule has 0 spiro atoms. The summed E-state index contributed by atoms with van der Waals surface area (Å²) in [6.45, 7) is 0. The van der Waals surface area contributed by atoms with E-state index in [1.807, 2.05) is 59.4 Å². The van der Waals surface area contributed by atoms with Gasteiger partial charge in [-0.05, 0) is 55.2 Å². The second kappa shape index (κ2) is 7.51. The summed E-state index contributed by atoms with van der Waals surface area (Å²) in [7, 11) is 0. The molecule has 2 amide bonds. The minimum Gasteiger partial charge on any atom is -0.322 e. The summed E-state index contributed by atoms with van der Waals surface area (Å²) < 4.78 is 2.01. The maximum absolute atomic E-state index is 12.8. The number of nitrogens with zero attached hydrogens (tertiary/aromatic N) is 4. The largest absolute Gasteiger partial charge is 0.322 e. The molecule has 1 N–H and O–H groups in total. The van der Waals surface area contributed by atoms with Crippen molar-refractivity contribution in [1.82, 2.24) is 9.78 Å². The Balaban J connectivity index is 1.18. The van der Waals surface area contributed by atoms with Gasteiger partial charge in [-0.15, -0.1) is 10.2 Å². The molecule has 1 unspecified atom stereocenters. The molecule has 160 valence electrons. The third-order valence-electron chi connectivity index (χ3n) is 7.18. The lowest BCUT2D eigenvalue weighted by atomic mass is 9.89. The van der Waals surface area contributed by atoms with E-state index in [0.717, 1.165) is 11.1 Å². The molecular formula is C25H23N5O2. The van der Waals surface area contributed by atoms with Gasteiger partial charge in [0.2, 0.25) is 0 Å². The summed E-state index contributed by atoms with van der Waals surface area (Å²) in [6, 6.07) is 7.90. The van der Waals surface area contributed by atoms with E-state index < -0.39 is 0 Å². The molecule has 4 aliphatic rings. The molecule has 2 fully saturated rings. The Bertz CT molecular complexity index is 1200. The lowest BCUT2D eigenvalue weighted by Crippen LogP contribution is -2.17. The summed E-state index contributed by atoms with van der Waals surface area (Å²) >= 11 is 0. The van der Waals surface area contributed by atoms with Crippen molar-refractivity contribution >= 4 is 23.2 Å². The second-order valence-electron chi connectivity index (χ2n) is 8.97. The van der Waals surface area contributed by atoms with Crippen LogP contribution in [0.25, 0.3) is 5.70 Å². The molecular weight excluding hydrogens is 402 g/mol. The first-order chi connectivity index (χ1) is 15.7. The van der Waals surface area contributed by atoms with Crippen molar-refractivity contribution in [2.24, 2.45) is 28.0 Å². The molecule has 2 saturated carbocycles. The van der Waals surface area contributed by atoms with Crippen molar-refractivity contribution in [3.8, 4) is 0 Å². The normalized spacial score (nSPS) is 27.8. The van der Waals surface area contributed by atoms with Gasteiger partial charge < -0.3 is 5.32 Å². The predicted molar refractivity (Wildman–Crippen MR) is 120 cm³/mol. The van der Waals surface area contributed by atoms with Crippen molar-refractivity contribution < 1.29 is 9.59 Å². The van der Waals surface area contributed by atoms with Crippen LogP contribution >= 0.6 is 0 Å². The minimum atomic E-state index is -0.376. The van der Waals surface area contributed by atoms with Crippen LogP contribution in [-0.4, -0.2) is 21.6 Å². The van der Waals surface area contributed by atoms with E-state index in [4.69, 9.17) is 0 Å². The highest BCUT2D eigenvalue weighted by atomic mass is 16.2. The number of nitrogens with one attached hydrogen (secondary N) is 1. The van der Waals surface area contributed by atoms with Crippen LogP contribution in [0.15, 0.2) is 76.8 Å². The lowest BCUT2D eigenvalue weighted by molar-refractivity contribution is -0.119. The lowest BCUT2D eigenvalue weighted by Gasteiger charge is -2.19. The number of fused-ring (bicyclic) bond motifs is 3. The van der Waals surface area contributed by atoms with Crippen LogP contribution in [0.3, 0.4) is 0 Å². The predicted octanol–water partition coefficient (Wildman–Crippen LogP) is 4.94. The number of benzene rings is 1. The van der Waals surface area contributed by atoms with Gasteiger partial charge in [0.1, 0.15) is 0 Å². The van der Waals surface area contributed by atoms with Crippen LogP contribution in [0.2, 0.25) is 0 Å².